The minimum atomic E-state index is -0.448. The Kier molecular flexibility index (Phi) is 4.04. The molecule has 1 aliphatic rings. The van der Waals surface area contributed by atoms with E-state index in [2.05, 4.69) is 17.5 Å². The Hall–Kier alpha value is 0.230. The van der Waals surface area contributed by atoms with E-state index in [-0.39, 0.29) is 6.10 Å². The van der Waals surface area contributed by atoms with Crippen molar-refractivity contribution in [3.8, 4) is 0 Å². The molecule has 0 aliphatic carbocycles. The smallest absolute Gasteiger partial charge is 0.105 e. The Bertz CT molecular complexity index is 154. The first-order chi connectivity index (χ1) is 5.97. The predicted molar refractivity (Wildman–Crippen MR) is 56.1 cm³/mol. The summed E-state index contributed by atoms with van der Waals surface area (Å²) in [5, 5.41) is 9.55. The molecule has 78 valence electrons. The van der Waals surface area contributed by atoms with Crippen LogP contribution in [0.4, 0.5) is 0 Å². The fourth-order valence-electron chi connectivity index (χ4n) is 1.22. The van der Waals surface area contributed by atoms with Gasteiger partial charge >= 0.3 is 0 Å². The van der Waals surface area contributed by atoms with Crippen LogP contribution in [0.5, 0.6) is 0 Å². The number of rotatable bonds is 5. The fraction of sp³-hybridized carbons (Fsp3) is 1.00. The standard InChI is InChI=1S/C9H19NO2S/c1-9(2,13)12-7-8(11)6-10-4-3-5-10/h8,11,13H,3-7H2,1-2H3/t8-/m0/s1. The summed E-state index contributed by atoms with van der Waals surface area (Å²) in [5.74, 6) is 0. The lowest BCUT2D eigenvalue weighted by Gasteiger charge is -2.33. The van der Waals surface area contributed by atoms with E-state index in [1.54, 1.807) is 0 Å². The third kappa shape index (κ3) is 4.86. The number of likely N-dealkylation sites (tertiary alicyclic amines) is 1. The number of β-amino-alcohol motifs (C(OH)–C–C–N with tert-alkyl or cyclic N) is 1. The monoisotopic (exact) mass is 205 g/mol. The molecule has 3 nitrogen and oxygen atoms in total. The average molecular weight is 205 g/mol. The Morgan fingerprint density at radius 2 is 2.15 bits per heavy atom. The van der Waals surface area contributed by atoms with Gasteiger partial charge in [-0.1, -0.05) is 0 Å². The van der Waals surface area contributed by atoms with Crippen LogP contribution in [-0.4, -0.2) is 47.3 Å². The lowest BCUT2D eigenvalue weighted by Crippen LogP contribution is -2.43. The van der Waals surface area contributed by atoms with Crippen molar-refractivity contribution in [2.75, 3.05) is 26.2 Å². The van der Waals surface area contributed by atoms with Crippen molar-refractivity contribution in [3.05, 3.63) is 0 Å². The normalized spacial score (nSPS) is 21.2. The van der Waals surface area contributed by atoms with Crippen molar-refractivity contribution in [2.45, 2.75) is 31.3 Å². The van der Waals surface area contributed by atoms with E-state index >= 15 is 0 Å². The molecule has 1 aliphatic heterocycles. The van der Waals surface area contributed by atoms with Gasteiger partial charge in [0.05, 0.1) is 12.7 Å². The third-order valence-corrected chi connectivity index (χ3v) is 2.18. The highest BCUT2D eigenvalue weighted by Gasteiger charge is 2.19. The lowest BCUT2D eigenvalue weighted by atomic mass is 10.2. The molecule has 0 aromatic heterocycles. The first-order valence-electron chi connectivity index (χ1n) is 4.74. The maximum Gasteiger partial charge on any atom is 0.105 e. The molecule has 1 heterocycles. The van der Waals surface area contributed by atoms with Gasteiger partial charge in [0, 0.05) is 6.54 Å². The first kappa shape index (κ1) is 11.3. The summed E-state index contributed by atoms with van der Waals surface area (Å²) in [6, 6.07) is 0. The molecule has 0 aromatic rings. The van der Waals surface area contributed by atoms with Gasteiger partial charge in [0.2, 0.25) is 0 Å². The SMILES string of the molecule is CC(C)(S)OC[C@@H](O)CN1CCC1. The molecule has 0 radical (unpaired) electrons. The summed E-state index contributed by atoms with van der Waals surface area (Å²) in [4.78, 5) is 1.77. The fourth-order valence-corrected chi connectivity index (χ4v) is 1.29. The third-order valence-electron chi connectivity index (χ3n) is 2.05. The molecule has 1 atom stereocenters. The van der Waals surface area contributed by atoms with Crippen LogP contribution in [0.3, 0.4) is 0 Å². The molecule has 0 saturated carbocycles. The van der Waals surface area contributed by atoms with E-state index in [0.717, 1.165) is 19.6 Å². The van der Waals surface area contributed by atoms with Crippen molar-refractivity contribution >= 4 is 12.6 Å². The van der Waals surface area contributed by atoms with Crippen LogP contribution in [0.1, 0.15) is 20.3 Å². The number of aliphatic hydroxyl groups is 1. The maximum atomic E-state index is 9.55. The van der Waals surface area contributed by atoms with Crippen LogP contribution in [-0.2, 0) is 4.74 Å². The molecular weight excluding hydrogens is 186 g/mol. The molecule has 0 aromatic carbocycles. The van der Waals surface area contributed by atoms with Crippen LogP contribution in [0, 0.1) is 0 Å². The van der Waals surface area contributed by atoms with Crippen LogP contribution in [0.25, 0.3) is 0 Å². The second-order valence-corrected chi connectivity index (χ2v) is 5.14. The van der Waals surface area contributed by atoms with Crippen molar-refractivity contribution in [2.24, 2.45) is 0 Å². The highest BCUT2D eigenvalue weighted by Crippen LogP contribution is 2.14. The summed E-state index contributed by atoms with van der Waals surface area (Å²) in [6.45, 7) is 7.05. The van der Waals surface area contributed by atoms with Crippen LogP contribution in [0.2, 0.25) is 0 Å². The van der Waals surface area contributed by atoms with Crippen LogP contribution < -0.4 is 0 Å². The van der Waals surface area contributed by atoms with E-state index < -0.39 is 4.93 Å². The lowest BCUT2D eigenvalue weighted by molar-refractivity contribution is -0.0282. The number of nitrogens with zero attached hydrogens (tertiary/aromatic N) is 1. The van der Waals surface area contributed by atoms with Gasteiger partial charge in [0.15, 0.2) is 0 Å². The zero-order valence-electron chi connectivity index (χ0n) is 8.36. The van der Waals surface area contributed by atoms with Crippen molar-refractivity contribution < 1.29 is 9.84 Å². The Balaban J connectivity index is 2.06. The molecule has 1 fully saturated rings. The van der Waals surface area contributed by atoms with E-state index in [1.807, 2.05) is 13.8 Å². The Morgan fingerprint density at radius 1 is 1.54 bits per heavy atom. The summed E-state index contributed by atoms with van der Waals surface area (Å²) < 4.78 is 5.35. The second kappa shape index (κ2) is 4.64. The average Bonchev–Trinajstić information content (AvgIpc) is 1.91. The van der Waals surface area contributed by atoms with Crippen LogP contribution >= 0.6 is 12.6 Å². The maximum absolute atomic E-state index is 9.55. The van der Waals surface area contributed by atoms with E-state index in [1.165, 1.54) is 6.42 Å². The molecular formula is C9H19NO2S. The highest BCUT2D eigenvalue weighted by molar-refractivity contribution is 7.81. The molecule has 1 rings (SSSR count). The zero-order chi connectivity index (χ0) is 9.90. The summed E-state index contributed by atoms with van der Waals surface area (Å²) in [6.07, 6.45) is 0.873. The first-order valence-corrected chi connectivity index (χ1v) is 5.19. The van der Waals surface area contributed by atoms with Gasteiger partial charge in [0.25, 0.3) is 0 Å². The van der Waals surface area contributed by atoms with Crippen molar-refractivity contribution in [3.63, 3.8) is 0 Å². The topological polar surface area (TPSA) is 32.7 Å². The van der Waals surface area contributed by atoms with Crippen molar-refractivity contribution in [1.82, 2.24) is 4.90 Å². The van der Waals surface area contributed by atoms with Gasteiger partial charge in [-0.15, -0.1) is 12.6 Å². The van der Waals surface area contributed by atoms with Crippen LogP contribution in [0.15, 0.2) is 0 Å². The van der Waals surface area contributed by atoms with Gasteiger partial charge < -0.3 is 14.7 Å². The zero-order valence-corrected chi connectivity index (χ0v) is 9.26. The number of hydrogen-bond donors (Lipinski definition) is 2. The van der Waals surface area contributed by atoms with Gasteiger partial charge in [-0.3, -0.25) is 0 Å². The predicted octanol–water partition coefficient (Wildman–Crippen LogP) is 0.736. The van der Waals surface area contributed by atoms with Gasteiger partial charge in [-0.2, -0.15) is 0 Å². The minimum Gasteiger partial charge on any atom is -0.389 e. The molecule has 0 spiro atoms. The highest BCUT2D eigenvalue weighted by atomic mass is 32.1. The quantitative estimate of drug-likeness (QED) is 0.513. The molecule has 13 heavy (non-hydrogen) atoms. The molecule has 1 N–H and O–H groups in total. The van der Waals surface area contributed by atoms with E-state index in [0.29, 0.717) is 6.61 Å². The van der Waals surface area contributed by atoms with Crippen molar-refractivity contribution in [1.29, 1.82) is 0 Å². The minimum absolute atomic E-state index is 0.368. The summed E-state index contributed by atoms with van der Waals surface area (Å²) in [5.41, 5.74) is 0. The van der Waals surface area contributed by atoms with Gasteiger partial charge in [-0.25, -0.2) is 0 Å². The molecule has 0 unspecified atom stereocenters. The number of hydrogen-bond acceptors (Lipinski definition) is 4. The number of aliphatic hydroxyl groups excluding tert-OH is 1. The molecule has 0 amide bonds. The van der Waals surface area contributed by atoms with Gasteiger partial charge in [0.1, 0.15) is 4.93 Å². The van der Waals surface area contributed by atoms with Gasteiger partial charge in [-0.05, 0) is 33.4 Å². The Morgan fingerprint density at radius 3 is 2.54 bits per heavy atom. The Labute approximate surface area is 85.5 Å². The molecule has 4 heteroatoms. The largest absolute Gasteiger partial charge is 0.389 e. The molecule has 1 saturated heterocycles. The van der Waals surface area contributed by atoms with E-state index in [4.69, 9.17) is 4.74 Å². The summed E-state index contributed by atoms with van der Waals surface area (Å²) >= 11 is 4.21. The summed E-state index contributed by atoms with van der Waals surface area (Å²) in [7, 11) is 0. The second-order valence-electron chi connectivity index (χ2n) is 4.07. The number of ether oxygens (including phenoxy) is 1. The number of thiol groups is 1. The molecule has 0 bridgehead atoms. The van der Waals surface area contributed by atoms with E-state index in [9.17, 15) is 5.11 Å².